The van der Waals surface area contributed by atoms with Gasteiger partial charge in [0, 0.05) is 10.2 Å². The van der Waals surface area contributed by atoms with Crippen molar-refractivity contribution in [2.24, 2.45) is 0 Å². The number of halogens is 1. The summed E-state index contributed by atoms with van der Waals surface area (Å²) in [5, 5.41) is 20.9. The van der Waals surface area contributed by atoms with E-state index in [1.165, 1.54) is 0 Å². The highest BCUT2D eigenvalue weighted by atomic mass is 79.9. The third-order valence-electron chi connectivity index (χ3n) is 2.94. The van der Waals surface area contributed by atoms with Crippen LogP contribution in [-0.4, -0.2) is 22.1 Å². The average molecular weight is 336 g/mol. The highest BCUT2D eigenvalue weighted by Gasteiger charge is 2.38. The number of urea groups is 1. The number of carbonyl (C=O) groups is 2. The van der Waals surface area contributed by atoms with Gasteiger partial charge in [0.2, 0.25) is 0 Å². The SMILES string of the molecule is CC1=C(C#N)C(c2cccc(Br)c2)N(C(=O)O)C(=O)N1. The Balaban J connectivity index is 2.64. The van der Waals surface area contributed by atoms with Gasteiger partial charge in [0.25, 0.3) is 0 Å². The molecule has 0 bridgehead atoms. The molecule has 7 heteroatoms. The number of nitrogens with one attached hydrogen (secondary N) is 1. The van der Waals surface area contributed by atoms with Gasteiger partial charge in [0.05, 0.1) is 11.6 Å². The van der Waals surface area contributed by atoms with Crippen LogP contribution in [0.25, 0.3) is 0 Å². The van der Waals surface area contributed by atoms with E-state index in [2.05, 4.69) is 21.2 Å². The van der Waals surface area contributed by atoms with Gasteiger partial charge in [-0.05, 0) is 24.6 Å². The van der Waals surface area contributed by atoms with Gasteiger partial charge in [-0.3, -0.25) is 0 Å². The predicted molar refractivity (Wildman–Crippen MR) is 73.6 cm³/mol. The Morgan fingerprint density at radius 3 is 2.80 bits per heavy atom. The summed E-state index contributed by atoms with van der Waals surface area (Å²) in [6, 6.07) is 7.12. The lowest BCUT2D eigenvalue weighted by atomic mass is 9.95. The van der Waals surface area contributed by atoms with Crippen molar-refractivity contribution >= 4 is 28.1 Å². The molecule has 1 aliphatic rings. The number of hydrogen-bond acceptors (Lipinski definition) is 3. The summed E-state index contributed by atoms with van der Waals surface area (Å²) in [6.45, 7) is 1.57. The molecule has 3 amide bonds. The lowest BCUT2D eigenvalue weighted by molar-refractivity contribution is 0.136. The second kappa shape index (κ2) is 5.35. The Bertz CT molecular complexity index is 663. The average Bonchev–Trinajstić information content (AvgIpc) is 2.37. The first-order valence-electron chi connectivity index (χ1n) is 5.65. The molecule has 6 nitrogen and oxygen atoms in total. The molecule has 0 radical (unpaired) electrons. The predicted octanol–water partition coefficient (Wildman–Crippen LogP) is 2.99. The monoisotopic (exact) mass is 335 g/mol. The van der Waals surface area contributed by atoms with Gasteiger partial charge in [-0.1, -0.05) is 28.1 Å². The van der Waals surface area contributed by atoms with E-state index in [0.717, 1.165) is 4.47 Å². The number of allylic oxidation sites excluding steroid dienone is 1. The van der Waals surface area contributed by atoms with Crippen molar-refractivity contribution < 1.29 is 14.7 Å². The summed E-state index contributed by atoms with van der Waals surface area (Å²) in [6.07, 6.45) is -1.41. The number of rotatable bonds is 1. The minimum absolute atomic E-state index is 0.199. The molecule has 0 saturated carbocycles. The summed E-state index contributed by atoms with van der Waals surface area (Å²) < 4.78 is 0.737. The van der Waals surface area contributed by atoms with Crippen molar-refractivity contribution in [3.05, 3.63) is 45.6 Å². The summed E-state index contributed by atoms with van der Waals surface area (Å²) in [4.78, 5) is 23.8. The minimum atomic E-state index is -1.41. The Labute approximate surface area is 123 Å². The molecule has 0 spiro atoms. The Kier molecular flexibility index (Phi) is 3.77. The van der Waals surface area contributed by atoms with Gasteiger partial charge in [0.15, 0.2) is 0 Å². The maximum absolute atomic E-state index is 11.9. The molecular weight excluding hydrogens is 326 g/mol. The van der Waals surface area contributed by atoms with Gasteiger partial charge in [0.1, 0.15) is 6.04 Å². The molecule has 0 aliphatic carbocycles. The van der Waals surface area contributed by atoms with E-state index in [1.54, 1.807) is 31.2 Å². The molecule has 20 heavy (non-hydrogen) atoms. The number of carbonyl (C=O) groups excluding carboxylic acids is 1. The first kappa shape index (κ1) is 14.1. The first-order chi connectivity index (χ1) is 9.45. The van der Waals surface area contributed by atoms with Crippen molar-refractivity contribution in [2.45, 2.75) is 13.0 Å². The topological polar surface area (TPSA) is 93.4 Å². The molecule has 2 rings (SSSR count). The molecule has 1 aliphatic heterocycles. The van der Waals surface area contributed by atoms with Crippen LogP contribution >= 0.6 is 15.9 Å². The molecule has 1 heterocycles. The van der Waals surface area contributed by atoms with E-state index in [0.29, 0.717) is 16.2 Å². The van der Waals surface area contributed by atoms with Crippen LogP contribution in [0.1, 0.15) is 18.5 Å². The van der Waals surface area contributed by atoms with E-state index in [1.807, 2.05) is 6.07 Å². The summed E-state index contributed by atoms with van der Waals surface area (Å²) >= 11 is 3.29. The fourth-order valence-corrected chi connectivity index (χ4v) is 2.49. The second-order valence-electron chi connectivity index (χ2n) is 4.19. The van der Waals surface area contributed by atoms with E-state index in [4.69, 9.17) is 0 Å². The fraction of sp³-hybridized carbons (Fsp3) is 0.154. The molecule has 0 saturated heterocycles. The van der Waals surface area contributed by atoms with Crippen LogP contribution in [0.3, 0.4) is 0 Å². The van der Waals surface area contributed by atoms with Gasteiger partial charge < -0.3 is 10.4 Å². The Morgan fingerprint density at radius 2 is 2.25 bits per heavy atom. The molecule has 1 atom stereocenters. The molecule has 2 N–H and O–H groups in total. The summed E-state index contributed by atoms with van der Waals surface area (Å²) in [7, 11) is 0. The molecule has 0 fully saturated rings. The van der Waals surface area contributed by atoms with Crippen LogP contribution in [0.2, 0.25) is 0 Å². The van der Waals surface area contributed by atoms with E-state index in [-0.39, 0.29) is 5.57 Å². The largest absolute Gasteiger partial charge is 0.465 e. The number of amides is 3. The van der Waals surface area contributed by atoms with Crippen molar-refractivity contribution in [3.8, 4) is 6.07 Å². The quantitative estimate of drug-likeness (QED) is 0.824. The lowest BCUT2D eigenvalue weighted by Crippen LogP contribution is -2.49. The zero-order valence-corrected chi connectivity index (χ0v) is 12.0. The van der Waals surface area contributed by atoms with Crippen LogP contribution in [0, 0.1) is 11.3 Å². The Hall–Kier alpha value is -2.33. The van der Waals surface area contributed by atoms with Crippen molar-refractivity contribution in [1.29, 1.82) is 5.26 Å². The fourth-order valence-electron chi connectivity index (χ4n) is 2.07. The van der Waals surface area contributed by atoms with E-state index >= 15 is 0 Å². The third kappa shape index (κ3) is 2.38. The normalized spacial score (nSPS) is 18.6. The van der Waals surface area contributed by atoms with Crippen molar-refractivity contribution in [2.75, 3.05) is 0 Å². The zero-order valence-electron chi connectivity index (χ0n) is 10.4. The number of benzene rings is 1. The number of imide groups is 1. The van der Waals surface area contributed by atoms with Crippen LogP contribution in [-0.2, 0) is 0 Å². The van der Waals surface area contributed by atoms with Gasteiger partial charge in [-0.25, -0.2) is 14.5 Å². The van der Waals surface area contributed by atoms with Gasteiger partial charge >= 0.3 is 12.1 Å². The number of nitriles is 1. The molecule has 0 aromatic heterocycles. The molecule has 102 valence electrons. The van der Waals surface area contributed by atoms with Gasteiger partial charge in [-0.15, -0.1) is 0 Å². The van der Waals surface area contributed by atoms with E-state index < -0.39 is 18.2 Å². The van der Waals surface area contributed by atoms with Gasteiger partial charge in [-0.2, -0.15) is 5.26 Å². The highest BCUT2D eigenvalue weighted by molar-refractivity contribution is 9.10. The standard InChI is InChI=1S/C13H10BrN3O3/c1-7-10(6-15)11(8-3-2-4-9(14)5-8)17(13(19)20)12(18)16-7/h2-5,11H,1H3,(H,16,18)(H,19,20). The smallest absolute Gasteiger partial charge is 0.416 e. The van der Waals surface area contributed by atoms with Crippen molar-refractivity contribution in [1.82, 2.24) is 10.2 Å². The first-order valence-corrected chi connectivity index (χ1v) is 6.44. The highest BCUT2D eigenvalue weighted by Crippen LogP contribution is 2.34. The second-order valence-corrected chi connectivity index (χ2v) is 5.11. The zero-order chi connectivity index (χ0) is 14.9. The summed E-state index contributed by atoms with van der Waals surface area (Å²) in [5.41, 5.74) is 1.11. The van der Waals surface area contributed by atoms with Crippen LogP contribution in [0.15, 0.2) is 40.0 Å². The summed E-state index contributed by atoms with van der Waals surface area (Å²) in [5.74, 6) is 0. The minimum Gasteiger partial charge on any atom is -0.465 e. The molecule has 1 unspecified atom stereocenters. The molecule has 1 aromatic carbocycles. The maximum atomic E-state index is 11.9. The number of hydrogen-bond donors (Lipinski definition) is 2. The third-order valence-corrected chi connectivity index (χ3v) is 3.43. The Morgan fingerprint density at radius 1 is 1.55 bits per heavy atom. The van der Waals surface area contributed by atoms with Crippen LogP contribution in [0.4, 0.5) is 9.59 Å². The number of nitrogens with zero attached hydrogens (tertiary/aromatic N) is 2. The van der Waals surface area contributed by atoms with Crippen LogP contribution < -0.4 is 5.32 Å². The number of carboxylic acid groups (broad SMARTS) is 1. The van der Waals surface area contributed by atoms with Crippen LogP contribution in [0.5, 0.6) is 0 Å². The maximum Gasteiger partial charge on any atom is 0.416 e. The van der Waals surface area contributed by atoms with E-state index in [9.17, 15) is 20.0 Å². The lowest BCUT2D eigenvalue weighted by Gasteiger charge is -2.32. The molecular formula is C13H10BrN3O3. The van der Waals surface area contributed by atoms with Crippen molar-refractivity contribution in [3.63, 3.8) is 0 Å². The molecule has 1 aromatic rings.